The van der Waals surface area contributed by atoms with E-state index in [0.717, 1.165) is 76.7 Å². The Morgan fingerprint density at radius 1 is 0.852 bits per heavy atom. The highest BCUT2D eigenvalue weighted by molar-refractivity contribution is 6.00. The molecule has 7 nitrogen and oxygen atoms in total. The minimum Gasteiger partial charge on any atom is -0.396 e. The zero-order valence-corrected chi connectivity index (χ0v) is 34.3. The molecule has 0 aromatic rings. The molecule has 1 saturated heterocycles. The SMILES string of the molecule is CCCC(CO)C1CC(CC2CC[NH2+]C(N)C2)CC2C#CC(C3CCCCC3)C3C(CCC(=O)CC(=O)C2C1)CC(OC)C(O)C3CCC1CCCCC1. The van der Waals surface area contributed by atoms with Gasteiger partial charge in [0.25, 0.3) is 0 Å². The molecule has 0 aromatic heterocycles. The molecule has 0 radical (unpaired) electrons. The van der Waals surface area contributed by atoms with Gasteiger partial charge in [0, 0.05) is 44.3 Å². The third-order valence-electron chi connectivity index (χ3n) is 16.1. The highest BCUT2D eigenvalue weighted by atomic mass is 16.5. The zero-order chi connectivity index (χ0) is 38.0. The Morgan fingerprint density at radius 2 is 1.61 bits per heavy atom. The first-order valence-electron chi connectivity index (χ1n) is 23.2. The topological polar surface area (TPSA) is 126 Å². The fourth-order valence-electron chi connectivity index (χ4n) is 13.2. The lowest BCUT2D eigenvalue weighted by atomic mass is 9.57. The van der Waals surface area contributed by atoms with Crippen LogP contribution in [0, 0.1) is 82.9 Å². The van der Waals surface area contributed by atoms with Gasteiger partial charge in [0.2, 0.25) is 0 Å². The molecule has 7 heteroatoms. The van der Waals surface area contributed by atoms with E-state index in [9.17, 15) is 19.8 Å². The normalized spacial score (nSPS) is 39.9. The first kappa shape index (κ1) is 42.3. The van der Waals surface area contributed by atoms with E-state index >= 15 is 0 Å². The Kier molecular flexibility index (Phi) is 16.4. The summed E-state index contributed by atoms with van der Waals surface area (Å²) < 4.78 is 6.04. The quantitative estimate of drug-likeness (QED) is 0.131. The zero-order valence-electron chi connectivity index (χ0n) is 34.3. The summed E-state index contributed by atoms with van der Waals surface area (Å²) in [6.07, 6.45) is 24.3. The van der Waals surface area contributed by atoms with Crippen LogP contribution in [-0.2, 0) is 14.3 Å². The number of ether oxygens (including phenoxy) is 1. The summed E-state index contributed by atoms with van der Waals surface area (Å²) in [6.45, 7) is 3.43. The predicted octanol–water partition coefficient (Wildman–Crippen LogP) is 7.20. The van der Waals surface area contributed by atoms with Crippen molar-refractivity contribution in [2.45, 2.75) is 179 Å². The molecule has 0 aromatic carbocycles. The van der Waals surface area contributed by atoms with Crippen LogP contribution in [-0.4, -0.2) is 60.4 Å². The third kappa shape index (κ3) is 11.0. The molecule has 306 valence electrons. The number of aliphatic hydroxyl groups is 2. The van der Waals surface area contributed by atoms with Crippen LogP contribution >= 0.6 is 0 Å². The molecule has 6 aliphatic rings. The lowest BCUT2D eigenvalue weighted by molar-refractivity contribution is -0.699. The van der Waals surface area contributed by atoms with Crippen LogP contribution in [0.2, 0.25) is 0 Å². The van der Waals surface area contributed by atoms with Gasteiger partial charge < -0.3 is 20.3 Å². The van der Waals surface area contributed by atoms with Gasteiger partial charge >= 0.3 is 0 Å². The summed E-state index contributed by atoms with van der Waals surface area (Å²) in [7, 11) is 1.75. The van der Waals surface area contributed by atoms with Crippen molar-refractivity contribution in [2.24, 2.45) is 76.7 Å². The van der Waals surface area contributed by atoms with E-state index in [0.29, 0.717) is 24.2 Å². The number of ketones is 2. The average molecular weight is 752 g/mol. The molecule has 5 fully saturated rings. The van der Waals surface area contributed by atoms with Crippen molar-refractivity contribution in [3.8, 4) is 11.8 Å². The Bertz CT molecular complexity index is 1230. The van der Waals surface area contributed by atoms with Gasteiger partial charge in [0.05, 0.1) is 25.2 Å². The molecular formula is C47H79N2O5+. The second kappa shape index (κ2) is 20.9. The molecule has 0 spiro atoms. The summed E-state index contributed by atoms with van der Waals surface area (Å²) in [5, 5.41) is 25.1. The molecular weight excluding hydrogens is 673 g/mol. The average Bonchev–Trinajstić information content (AvgIpc) is 3.36. The summed E-state index contributed by atoms with van der Waals surface area (Å²) in [6, 6.07) is 0. The van der Waals surface area contributed by atoms with Gasteiger partial charge in [-0.2, -0.15) is 0 Å². The molecule has 5 aliphatic carbocycles. The Morgan fingerprint density at radius 3 is 2.31 bits per heavy atom. The van der Waals surface area contributed by atoms with Gasteiger partial charge in [0.1, 0.15) is 17.7 Å². The van der Waals surface area contributed by atoms with Crippen molar-refractivity contribution in [3.63, 3.8) is 0 Å². The molecule has 1 aliphatic heterocycles. The second-order valence-corrected chi connectivity index (χ2v) is 19.6. The lowest BCUT2D eigenvalue weighted by Gasteiger charge is -2.49. The van der Waals surface area contributed by atoms with Crippen molar-refractivity contribution in [1.29, 1.82) is 0 Å². The number of piperidine rings is 1. The van der Waals surface area contributed by atoms with Crippen LogP contribution in [0.5, 0.6) is 0 Å². The smallest absolute Gasteiger partial charge is 0.144 e. The molecule has 1 heterocycles. The van der Waals surface area contributed by atoms with Gasteiger partial charge in [-0.3, -0.25) is 15.3 Å². The Balaban J connectivity index is 1.39. The minimum atomic E-state index is -0.512. The van der Waals surface area contributed by atoms with E-state index < -0.39 is 6.10 Å². The summed E-state index contributed by atoms with van der Waals surface area (Å²) in [5.74, 6) is 11.4. The van der Waals surface area contributed by atoms with Crippen molar-refractivity contribution in [3.05, 3.63) is 0 Å². The van der Waals surface area contributed by atoms with Crippen molar-refractivity contribution < 1.29 is 29.9 Å². The van der Waals surface area contributed by atoms with E-state index in [1.165, 1.54) is 77.0 Å². The first-order valence-corrected chi connectivity index (χ1v) is 23.2. The minimum absolute atomic E-state index is 0.00992. The Hall–Kier alpha value is -1.30. The van der Waals surface area contributed by atoms with Gasteiger partial charge in [0.15, 0.2) is 0 Å². The number of nitrogens with two attached hydrogens (primary N) is 2. The summed E-state index contributed by atoms with van der Waals surface area (Å²) in [5.41, 5.74) is 6.46. The van der Waals surface area contributed by atoms with Crippen molar-refractivity contribution >= 4 is 11.6 Å². The fourth-order valence-corrected chi connectivity index (χ4v) is 13.2. The molecule has 6 N–H and O–H groups in total. The largest absolute Gasteiger partial charge is 0.396 e. The van der Waals surface area contributed by atoms with Gasteiger partial charge in [-0.15, -0.1) is 0 Å². The molecule has 0 bridgehead atoms. The van der Waals surface area contributed by atoms with E-state index in [1.54, 1.807) is 7.11 Å². The van der Waals surface area contributed by atoms with E-state index in [4.69, 9.17) is 10.5 Å². The van der Waals surface area contributed by atoms with Crippen LogP contribution in [0.1, 0.15) is 161 Å². The Labute approximate surface area is 328 Å². The first-order chi connectivity index (χ1) is 26.3. The number of rotatable bonds is 11. The van der Waals surface area contributed by atoms with Gasteiger partial charge in [-0.1, -0.05) is 83.0 Å². The maximum atomic E-state index is 14.5. The highest BCUT2D eigenvalue weighted by Crippen LogP contribution is 2.51. The number of quaternary nitrogens is 1. The molecule has 13 atom stereocenters. The van der Waals surface area contributed by atoms with Crippen LogP contribution in [0.4, 0.5) is 0 Å². The van der Waals surface area contributed by atoms with Crippen molar-refractivity contribution in [1.82, 2.24) is 0 Å². The summed E-state index contributed by atoms with van der Waals surface area (Å²) >= 11 is 0. The molecule has 0 amide bonds. The van der Waals surface area contributed by atoms with Gasteiger partial charge in [-0.05, 0) is 124 Å². The van der Waals surface area contributed by atoms with E-state index in [2.05, 4.69) is 24.1 Å². The van der Waals surface area contributed by atoms with Crippen LogP contribution in [0.25, 0.3) is 0 Å². The number of aliphatic hydroxyl groups excluding tert-OH is 2. The highest BCUT2D eigenvalue weighted by Gasteiger charge is 2.49. The molecule has 13 unspecified atom stereocenters. The predicted molar refractivity (Wildman–Crippen MR) is 215 cm³/mol. The number of hydrogen-bond donors (Lipinski definition) is 4. The van der Waals surface area contributed by atoms with Crippen molar-refractivity contribution in [2.75, 3.05) is 20.3 Å². The number of carbonyl (C=O) groups excluding carboxylic acids is 2. The summed E-state index contributed by atoms with van der Waals surface area (Å²) in [4.78, 5) is 28.3. The standard InChI is InChI=1S/C47H78N2O5/c1-3-10-37(30-50)38-25-33(23-32-21-22-49-45(48)26-32)24-35-17-20-40(34-13-8-5-9-14-34)46-36(16-18-39(51)29-43(52)42(35)27-38)28-44(54-2)47(53)41(46)19-15-31-11-6-4-7-12-31/h31-38,40-42,44-47,49-50,53H,3-16,18-19,21-30,48H2,1-2H3/p+1. The molecule has 4 saturated carbocycles. The van der Waals surface area contributed by atoms with E-state index in [-0.39, 0.29) is 84.2 Å². The number of hydrogen-bond acceptors (Lipinski definition) is 6. The maximum absolute atomic E-state index is 14.5. The van der Waals surface area contributed by atoms with Crippen LogP contribution < -0.4 is 11.1 Å². The number of carbonyl (C=O) groups is 2. The molecule has 54 heavy (non-hydrogen) atoms. The monoisotopic (exact) mass is 752 g/mol. The third-order valence-corrected chi connectivity index (χ3v) is 16.1. The number of fused-ring (bicyclic) bond motifs is 2. The number of methoxy groups -OCH3 is 1. The molecule has 6 rings (SSSR count). The van der Waals surface area contributed by atoms with Gasteiger partial charge in [-0.25, -0.2) is 0 Å². The number of Topliss-reactive ketones (excluding diaryl/α,β-unsaturated/α-hetero) is 2. The fraction of sp³-hybridized carbons (Fsp3) is 0.915. The lowest BCUT2D eigenvalue weighted by Crippen LogP contribution is -2.94. The van der Waals surface area contributed by atoms with E-state index in [1.807, 2.05) is 0 Å². The van der Waals surface area contributed by atoms with Crippen LogP contribution in [0.3, 0.4) is 0 Å². The second-order valence-electron chi connectivity index (χ2n) is 19.6. The maximum Gasteiger partial charge on any atom is 0.144 e. The van der Waals surface area contributed by atoms with Crippen LogP contribution in [0.15, 0.2) is 0 Å².